The molecule has 1 aromatic heterocycles. The molecule has 20 heavy (non-hydrogen) atoms. The van der Waals surface area contributed by atoms with Crippen LogP contribution in [0.3, 0.4) is 0 Å². The second-order valence-electron chi connectivity index (χ2n) is 5.52. The molecular formula is C14H22N4O2. The molecule has 0 aromatic carbocycles. The molecule has 0 aliphatic carbocycles. The molecule has 0 saturated carbocycles. The molecule has 2 fully saturated rings. The van der Waals surface area contributed by atoms with Gasteiger partial charge in [-0.2, -0.15) is 5.10 Å². The molecule has 2 saturated heterocycles. The summed E-state index contributed by atoms with van der Waals surface area (Å²) in [4.78, 5) is 14.5. The standard InChI is InChI=1S/C14H22N4O2/c1-15-14(19)11-9-16-17-13(11)12-3-2-6-18(12)10-4-7-20-8-5-10/h9-10,12H,2-8H2,1H3,(H,15,19)(H,16,17)/t12-/m0/s1. The summed E-state index contributed by atoms with van der Waals surface area (Å²) < 4.78 is 5.45. The van der Waals surface area contributed by atoms with Gasteiger partial charge in [0.1, 0.15) is 0 Å². The Morgan fingerprint density at radius 3 is 3.00 bits per heavy atom. The maximum atomic E-state index is 11.9. The number of hydrogen-bond donors (Lipinski definition) is 2. The van der Waals surface area contributed by atoms with Crippen LogP contribution in [0.15, 0.2) is 6.20 Å². The Kier molecular flexibility index (Phi) is 4.03. The number of rotatable bonds is 3. The SMILES string of the molecule is CNC(=O)c1cn[nH]c1[C@@H]1CCCN1C1CCOCC1. The molecule has 3 rings (SSSR count). The molecule has 1 aromatic rings. The van der Waals surface area contributed by atoms with Gasteiger partial charge in [0, 0.05) is 26.3 Å². The average molecular weight is 278 g/mol. The molecule has 0 bridgehead atoms. The number of hydrogen-bond acceptors (Lipinski definition) is 4. The summed E-state index contributed by atoms with van der Waals surface area (Å²) in [5.74, 6) is -0.0624. The van der Waals surface area contributed by atoms with Gasteiger partial charge in [-0.3, -0.25) is 14.8 Å². The van der Waals surface area contributed by atoms with Crippen molar-refractivity contribution in [1.82, 2.24) is 20.4 Å². The van der Waals surface area contributed by atoms with Crippen molar-refractivity contribution in [3.05, 3.63) is 17.5 Å². The molecule has 6 heteroatoms. The predicted molar refractivity (Wildman–Crippen MR) is 74.5 cm³/mol. The highest BCUT2D eigenvalue weighted by Crippen LogP contribution is 2.36. The Morgan fingerprint density at radius 2 is 2.25 bits per heavy atom. The van der Waals surface area contributed by atoms with Crippen molar-refractivity contribution in [1.29, 1.82) is 0 Å². The first-order valence-corrected chi connectivity index (χ1v) is 7.40. The van der Waals surface area contributed by atoms with E-state index in [-0.39, 0.29) is 11.9 Å². The summed E-state index contributed by atoms with van der Waals surface area (Å²) in [7, 11) is 1.66. The van der Waals surface area contributed by atoms with Crippen molar-refractivity contribution >= 4 is 5.91 Å². The normalized spacial score (nSPS) is 24.9. The predicted octanol–water partition coefficient (Wildman–Crippen LogP) is 1.09. The van der Waals surface area contributed by atoms with Gasteiger partial charge in [0.2, 0.25) is 0 Å². The van der Waals surface area contributed by atoms with Crippen molar-refractivity contribution in [2.24, 2.45) is 0 Å². The van der Waals surface area contributed by atoms with Crippen LogP contribution in [0.1, 0.15) is 47.8 Å². The van der Waals surface area contributed by atoms with Crippen molar-refractivity contribution in [2.75, 3.05) is 26.8 Å². The number of carbonyl (C=O) groups is 1. The van der Waals surface area contributed by atoms with E-state index >= 15 is 0 Å². The molecule has 6 nitrogen and oxygen atoms in total. The maximum Gasteiger partial charge on any atom is 0.254 e. The van der Waals surface area contributed by atoms with Gasteiger partial charge in [-0.25, -0.2) is 0 Å². The zero-order valence-electron chi connectivity index (χ0n) is 11.9. The van der Waals surface area contributed by atoms with Crippen LogP contribution < -0.4 is 5.32 Å². The first kappa shape index (κ1) is 13.6. The van der Waals surface area contributed by atoms with Crippen LogP contribution in [0, 0.1) is 0 Å². The van der Waals surface area contributed by atoms with Gasteiger partial charge in [0.05, 0.1) is 23.5 Å². The molecular weight excluding hydrogens is 256 g/mol. The van der Waals surface area contributed by atoms with Crippen LogP contribution >= 0.6 is 0 Å². The Hall–Kier alpha value is -1.40. The minimum atomic E-state index is -0.0624. The summed E-state index contributed by atoms with van der Waals surface area (Å²) in [5, 5.41) is 9.81. The van der Waals surface area contributed by atoms with E-state index in [9.17, 15) is 4.79 Å². The molecule has 1 atom stereocenters. The van der Waals surface area contributed by atoms with Gasteiger partial charge < -0.3 is 10.1 Å². The van der Waals surface area contributed by atoms with Crippen LogP contribution in [-0.2, 0) is 4.74 Å². The number of carbonyl (C=O) groups excluding carboxylic acids is 1. The number of likely N-dealkylation sites (tertiary alicyclic amines) is 1. The summed E-state index contributed by atoms with van der Waals surface area (Å²) in [5.41, 5.74) is 1.64. The van der Waals surface area contributed by atoms with E-state index < -0.39 is 0 Å². The van der Waals surface area contributed by atoms with Crippen molar-refractivity contribution in [3.63, 3.8) is 0 Å². The third-order valence-corrected chi connectivity index (χ3v) is 4.43. The highest BCUT2D eigenvalue weighted by molar-refractivity contribution is 5.95. The fourth-order valence-electron chi connectivity index (χ4n) is 3.42. The highest BCUT2D eigenvalue weighted by Gasteiger charge is 2.35. The number of amides is 1. The van der Waals surface area contributed by atoms with Gasteiger partial charge in [-0.15, -0.1) is 0 Å². The molecule has 0 unspecified atom stereocenters. The van der Waals surface area contributed by atoms with Crippen LogP contribution in [-0.4, -0.2) is 53.9 Å². The smallest absolute Gasteiger partial charge is 0.254 e. The minimum absolute atomic E-state index is 0.0624. The monoisotopic (exact) mass is 278 g/mol. The van der Waals surface area contributed by atoms with Gasteiger partial charge in [0.25, 0.3) is 5.91 Å². The molecule has 2 aliphatic heterocycles. The Morgan fingerprint density at radius 1 is 1.45 bits per heavy atom. The number of aromatic amines is 1. The number of aromatic nitrogens is 2. The quantitative estimate of drug-likeness (QED) is 0.868. The zero-order chi connectivity index (χ0) is 13.9. The summed E-state index contributed by atoms with van der Waals surface area (Å²) >= 11 is 0. The Labute approximate surface area is 118 Å². The molecule has 110 valence electrons. The second-order valence-corrected chi connectivity index (χ2v) is 5.52. The molecule has 2 N–H and O–H groups in total. The fraction of sp³-hybridized carbons (Fsp3) is 0.714. The Bertz CT molecular complexity index is 467. The molecule has 0 spiro atoms. The molecule has 2 aliphatic rings. The third-order valence-electron chi connectivity index (χ3n) is 4.43. The van der Waals surface area contributed by atoms with Crippen molar-refractivity contribution in [3.8, 4) is 0 Å². The largest absolute Gasteiger partial charge is 0.381 e. The maximum absolute atomic E-state index is 11.9. The molecule has 0 radical (unpaired) electrons. The molecule has 3 heterocycles. The van der Waals surface area contributed by atoms with Crippen molar-refractivity contribution < 1.29 is 9.53 Å². The Balaban J connectivity index is 1.81. The second kappa shape index (κ2) is 5.93. The summed E-state index contributed by atoms with van der Waals surface area (Å²) in [6.45, 7) is 2.79. The van der Waals surface area contributed by atoms with Gasteiger partial charge in [-0.1, -0.05) is 0 Å². The van der Waals surface area contributed by atoms with Gasteiger partial charge in [0.15, 0.2) is 0 Å². The summed E-state index contributed by atoms with van der Waals surface area (Å²) in [6.07, 6.45) is 6.06. The lowest BCUT2D eigenvalue weighted by atomic mass is 10.0. The first-order chi connectivity index (χ1) is 9.81. The van der Waals surface area contributed by atoms with E-state index in [2.05, 4.69) is 20.4 Å². The zero-order valence-corrected chi connectivity index (χ0v) is 11.9. The number of ether oxygens (including phenoxy) is 1. The first-order valence-electron chi connectivity index (χ1n) is 7.40. The van der Waals surface area contributed by atoms with Gasteiger partial charge in [-0.05, 0) is 32.2 Å². The van der Waals surface area contributed by atoms with E-state index in [1.165, 1.54) is 6.42 Å². The lowest BCUT2D eigenvalue weighted by Crippen LogP contribution is -2.39. The van der Waals surface area contributed by atoms with Crippen LogP contribution in [0.2, 0.25) is 0 Å². The number of nitrogens with zero attached hydrogens (tertiary/aromatic N) is 2. The van der Waals surface area contributed by atoms with E-state index in [0.717, 1.165) is 44.7 Å². The molecule has 1 amide bonds. The van der Waals surface area contributed by atoms with Crippen LogP contribution in [0.4, 0.5) is 0 Å². The van der Waals surface area contributed by atoms with Crippen molar-refractivity contribution in [2.45, 2.75) is 37.8 Å². The number of nitrogens with one attached hydrogen (secondary N) is 2. The fourth-order valence-corrected chi connectivity index (χ4v) is 3.42. The lowest BCUT2D eigenvalue weighted by molar-refractivity contribution is 0.0283. The van der Waals surface area contributed by atoms with Crippen LogP contribution in [0.5, 0.6) is 0 Å². The van der Waals surface area contributed by atoms with E-state index in [1.807, 2.05) is 0 Å². The van der Waals surface area contributed by atoms with E-state index in [0.29, 0.717) is 11.6 Å². The number of H-pyrrole nitrogens is 1. The highest BCUT2D eigenvalue weighted by atomic mass is 16.5. The minimum Gasteiger partial charge on any atom is -0.381 e. The lowest BCUT2D eigenvalue weighted by Gasteiger charge is -2.35. The topological polar surface area (TPSA) is 70.2 Å². The van der Waals surface area contributed by atoms with E-state index in [1.54, 1.807) is 13.2 Å². The van der Waals surface area contributed by atoms with E-state index in [4.69, 9.17) is 4.74 Å². The average Bonchev–Trinajstić information content (AvgIpc) is 3.15. The van der Waals surface area contributed by atoms with Crippen LogP contribution in [0.25, 0.3) is 0 Å². The summed E-state index contributed by atoms with van der Waals surface area (Å²) in [6, 6.07) is 0.852. The third kappa shape index (κ3) is 2.45. The van der Waals surface area contributed by atoms with Gasteiger partial charge >= 0.3 is 0 Å².